The average molecular weight is 290 g/mol. The number of pyridine rings is 1. The summed E-state index contributed by atoms with van der Waals surface area (Å²) in [4.78, 5) is 4.02. The second-order valence-electron chi connectivity index (χ2n) is 3.67. The van der Waals surface area contributed by atoms with Crippen LogP contribution in [0.3, 0.4) is 0 Å². The Hall–Kier alpha value is -0.530. The van der Waals surface area contributed by atoms with Gasteiger partial charge in [-0.3, -0.25) is 0 Å². The van der Waals surface area contributed by atoms with Crippen molar-refractivity contribution in [3.8, 4) is 0 Å². The van der Waals surface area contributed by atoms with E-state index in [0.717, 1.165) is 0 Å². The maximum absolute atomic E-state index is 9.76. The van der Waals surface area contributed by atoms with Crippen molar-refractivity contribution >= 4 is 15.9 Å². The molecule has 1 fully saturated rings. The van der Waals surface area contributed by atoms with Gasteiger partial charge in [0.1, 0.15) is 29.0 Å². The zero-order valence-electron chi connectivity index (χ0n) is 8.32. The summed E-state index contributed by atoms with van der Waals surface area (Å²) < 4.78 is 6.04. The van der Waals surface area contributed by atoms with Crippen molar-refractivity contribution in [3.63, 3.8) is 0 Å². The fourth-order valence-corrected chi connectivity index (χ4v) is 1.97. The molecule has 0 aliphatic carbocycles. The van der Waals surface area contributed by atoms with Crippen LogP contribution in [-0.2, 0) is 4.74 Å². The average Bonchev–Trinajstić information content (AvgIpc) is 2.57. The molecule has 6 heteroatoms. The first kappa shape index (κ1) is 11.9. The Morgan fingerprint density at radius 1 is 1.31 bits per heavy atom. The molecule has 1 saturated heterocycles. The summed E-state index contributed by atoms with van der Waals surface area (Å²) in [6, 6.07) is 3.47. The van der Waals surface area contributed by atoms with E-state index in [-0.39, 0.29) is 6.61 Å². The van der Waals surface area contributed by atoms with Crippen molar-refractivity contribution in [1.29, 1.82) is 0 Å². The second-order valence-corrected chi connectivity index (χ2v) is 4.49. The van der Waals surface area contributed by atoms with Gasteiger partial charge in [-0.2, -0.15) is 0 Å². The minimum absolute atomic E-state index is 0.321. The summed E-state index contributed by atoms with van der Waals surface area (Å²) in [5.41, 5.74) is 0.672. The largest absolute Gasteiger partial charge is 0.394 e. The van der Waals surface area contributed by atoms with Crippen LogP contribution in [0.4, 0.5) is 0 Å². The lowest BCUT2D eigenvalue weighted by molar-refractivity contribution is -0.0228. The monoisotopic (exact) mass is 289 g/mol. The van der Waals surface area contributed by atoms with Gasteiger partial charge in [-0.25, -0.2) is 4.98 Å². The maximum atomic E-state index is 9.76. The van der Waals surface area contributed by atoms with Crippen LogP contribution in [0.1, 0.15) is 11.7 Å². The highest BCUT2D eigenvalue weighted by Gasteiger charge is 2.42. The molecule has 1 aromatic rings. The summed E-state index contributed by atoms with van der Waals surface area (Å²) in [7, 11) is 0. The molecule has 0 amide bonds. The second kappa shape index (κ2) is 4.77. The lowest BCUT2D eigenvalue weighted by Crippen LogP contribution is -2.32. The van der Waals surface area contributed by atoms with E-state index in [9.17, 15) is 10.2 Å². The van der Waals surface area contributed by atoms with Crippen LogP contribution in [-0.4, -0.2) is 45.2 Å². The number of nitrogens with zero attached hydrogens (tertiary/aromatic N) is 1. The standard InChI is InChI=1S/C10H12BrNO4/c11-7-2-1-5(3-12-7)10-9(15)8(14)6(4-13)16-10/h1-3,6,8-10,13-15H,4H2/t6-,8-,9-,10+/m1/s1. The van der Waals surface area contributed by atoms with Crippen molar-refractivity contribution in [1.82, 2.24) is 4.98 Å². The summed E-state index contributed by atoms with van der Waals surface area (Å²) in [6.07, 6.45) is -1.94. The van der Waals surface area contributed by atoms with Crippen molar-refractivity contribution in [2.45, 2.75) is 24.4 Å². The van der Waals surface area contributed by atoms with Gasteiger partial charge in [-0.1, -0.05) is 6.07 Å². The maximum Gasteiger partial charge on any atom is 0.113 e. The summed E-state index contributed by atoms with van der Waals surface area (Å²) in [5, 5.41) is 28.3. The molecule has 5 nitrogen and oxygen atoms in total. The number of rotatable bonds is 2. The number of hydrogen-bond donors (Lipinski definition) is 3. The highest BCUT2D eigenvalue weighted by Crippen LogP contribution is 2.33. The number of aliphatic hydroxyl groups is 3. The molecule has 1 aliphatic heterocycles. The first-order chi connectivity index (χ1) is 7.63. The van der Waals surface area contributed by atoms with E-state index in [1.54, 1.807) is 18.3 Å². The van der Waals surface area contributed by atoms with Gasteiger partial charge >= 0.3 is 0 Å². The third-order valence-electron chi connectivity index (χ3n) is 2.62. The highest BCUT2D eigenvalue weighted by molar-refractivity contribution is 9.10. The summed E-state index contributed by atoms with van der Waals surface area (Å²) >= 11 is 3.20. The van der Waals surface area contributed by atoms with Gasteiger partial charge in [-0.05, 0) is 22.0 Å². The molecule has 0 saturated carbocycles. The Labute approximate surface area is 101 Å². The van der Waals surface area contributed by atoms with Gasteiger partial charge < -0.3 is 20.1 Å². The highest BCUT2D eigenvalue weighted by atomic mass is 79.9. The molecule has 1 aliphatic rings. The molecule has 0 aromatic carbocycles. The van der Waals surface area contributed by atoms with Gasteiger partial charge in [0.15, 0.2) is 0 Å². The molecule has 3 N–H and O–H groups in total. The summed E-state index contributed by atoms with van der Waals surface area (Å²) in [5.74, 6) is 0. The van der Waals surface area contributed by atoms with Crippen molar-refractivity contribution in [3.05, 3.63) is 28.5 Å². The zero-order valence-corrected chi connectivity index (χ0v) is 9.91. The zero-order chi connectivity index (χ0) is 11.7. The minimum Gasteiger partial charge on any atom is -0.394 e. The van der Waals surface area contributed by atoms with Crippen LogP contribution in [0, 0.1) is 0 Å². The van der Waals surface area contributed by atoms with E-state index >= 15 is 0 Å². The van der Waals surface area contributed by atoms with Crippen LogP contribution < -0.4 is 0 Å². The van der Waals surface area contributed by atoms with Gasteiger partial charge in [0.25, 0.3) is 0 Å². The van der Waals surface area contributed by atoms with E-state index < -0.39 is 24.4 Å². The van der Waals surface area contributed by atoms with Gasteiger partial charge in [0.05, 0.1) is 6.61 Å². The van der Waals surface area contributed by atoms with E-state index in [0.29, 0.717) is 10.2 Å². The van der Waals surface area contributed by atoms with E-state index in [4.69, 9.17) is 9.84 Å². The predicted molar refractivity (Wildman–Crippen MR) is 58.7 cm³/mol. The summed E-state index contributed by atoms with van der Waals surface area (Å²) in [6.45, 7) is -0.321. The molecule has 0 unspecified atom stereocenters. The lowest BCUT2D eigenvalue weighted by atomic mass is 10.0. The predicted octanol–water partition coefficient (Wildman–Crippen LogP) is -0.00190. The Bertz CT molecular complexity index is 358. The lowest BCUT2D eigenvalue weighted by Gasteiger charge is -2.14. The fourth-order valence-electron chi connectivity index (χ4n) is 1.73. The Kier molecular flexibility index (Phi) is 3.56. The molecule has 1 aromatic heterocycles. The Morgan fingerprint density at radius 2 is 2.06 bits per heavy atom. The fraction of sp³-hybridized carbons (Fsp3) is 0.500. The SMILES string of the molecule is OC[C@H]1O[C@@H](c2ccc(Br)nc2)[C@H](O)[C@@H]1O. The Morgan fingerprint density at radius 3 is 2.56 bits per heavy atom. The molecule has 88 valence electrons. The number of hydrogen-bond acceptors (Lipinski definition) is 5. The number of halogens is 1. The number of aromatic nitrogens is 1. The first-order valence-electron chi connectivity index (χ1n) is 4.87. The van der Waals surface area contributed by atoms with Crippen LogP contribution in [0.5, 0.6) is 0 Å². The molecule has 2 rings (SSSR count). The molecule has 4 atom stereocenters. The van der Waals surface area contributed by atoms with E-state index in [1.165, 1.54) is 0 Å². The van der Waals surface area contributed by atoms with Gasteiger partial charge in [0.2, 0.25) is 0 Å². The molecule has 0 bridgehead atoms. The van der Waals surface area contributed by atoms with Crippen LogP contribution in [0.15, 0.2) is 22.9 Å². The molecule has 0 radical (unpaired) electrons. The van der Waals surface area contributed by atoms with Crippen LogP contribution >= 0.6 is 15.9 Å². The van der Waals surface area contributed by atoms with Crippen LogP contribution in [0.25, 0.3) is 0 Å². The van der Waals surface area contributed by atoms with Crippen molar-refractivity contribution < 1.29 is 20.1 Å². The van der Waals surface area contributed by atoms with Crippen molar-refractivity contribution in [2.24, 2.45) is 0 Å². The van der Waals surface area contributed by atoms with Crippen molar-refractivity contribution in [2.75, 3.05) is 6.61 Å². The molecule has 0 spiro atoms. The number of aliphatic hydroxyl groups excluding tert-OH is 3. The van der Waals surface area contributed by atoms with E-state index in [2.05, 4.69) is 20.9 Å². The smallest absolute Gasteiger partial charge is 0.113 e. The number of ether oxygens (including phenoxy) is 1. The van der Waals surface area contributed by atoms with Gasteiger partial charge in [-0.15, -0.1) is 0 Å². The third kappa shape index (κ3) is 2.11. The Balaban J connectivity index is 2.19. The molecular formula is C10H12BrNO4. The quantitative estimate of drug-likeness (QED) is 0.668. The first-order valence-corrected chi connectivity index (χ1v) is 5.66. The minimum atomic E-state index is -1.07. The normalized spacial score (nSPS) is 34.2. The van der Waals surface area contributed by atoms with Gasteiger partial charge in [0, 0.05) is 11.8 Å². The van der Waals surface area contributed by atoms with E-state index in [1.807, 2.05) is 0 Å². The molecule has 16 heavy (non-hydrogen) atoms. The van der Waals surface area contributed by atoms with Crippen LogP contribution in [0.2, 0.25) is 0 Å². The topological polar surface area (TPSA) is 82.8 Å². The third-order valence-corrected chi connectivity index (χ3v) is 3.09. The molecule has 2 heterocycles. The molecular weight excluding hydrogens is 278 g/mol.